The second kappa shape index (κ2) is 4.70. The van der Waals surface area contributed by atoms with Gasteiger partial charge in [-0.1, -0.05) is 40.2 Å². The third-order valence-electron chi connectivity index (χ3n) is 2.69. The van der Waals surface area contributed by atoms with Crippen molar-refractivity contribution in [2.24, 2.45) is 10.7 Å². The van der Waals surface area contributed by atoms with Gasteiger partial charge in [-0.3, -0.25) is 4.99 Å². The van der Waals surface area contributed by atoms with Crippen molar-refractivity contribution in [1.29, 1.82) is 0 Å². The summed E-state index contributed by atoms with van der Waals surface area (Å²) in [5.41, 5.74) is 7.07. The van der Waals surface area contributed by atoms with E-state index < -0.39 is 0 Å². The van der Waals surface area contributed by atoms with Crippen molar-refractivity contribution in [3.63, 3.8) is 0 Å². The summed E-state index contributed by atoms with van der Waals surface area (Å²) in [7, 11) is 0. The first-order valence-electron chi connectivity index (χ1n) is 5.16. The van der Waals surface area contributed by atoms with Crippen molar-refractivity contribution >= 4 is 21.9 Å². The third kappa shape index (κ3) is 1.97. The van der Waals surface area contributed by atoms with E-state index in [-0.39, 0.29) is 6.04 Å². The Morgan fingerprint density at radius 3 is 3.00 bits per heavy atom. The maximum atomic E-state index is 5.86. The number of nitrogens with two attached hydrogens (primary N) is 1. The van der Waals surface area contributed by atoms with Gasteiger partial charge in [0.25, 0.3) is 0 Å². The fourth-order valence-electron chi connectivity index (χ4n) is 1.90. The molecule has 1 aliphatic heterocycles. The summed E-state index contributed by atoms with van der Waals surface area (Å²) in [5, 5.41) is 0. The predicted molar refractivity (Wildman–Crippen MR) is 70.3 cm³/mol. The molecule has 0 aromatic heterocycles. The highest BCUT2D eigenvalue weighted by atomic mass is 79.9. The van der Waals surface area contributed by atoms with Gasteiger partial charge in [0.15, 0.2) is 5.96 Å². The van der Waals surface area contributed by atoms with Gasteiger partial charge in [0.2, 0.25) is 0 Å². The van der Waals surface area contributed by atoms with Crippen molar-refractivity contribution in [3.8, 4) is 0 Å². The molecule has 0 radical (unpaired) electrons. The summed E-state index contributed by atoms with van der Waals surface area (Å²) in [4.78, 5) is 6.35. The molecule has 1 aromatic carbocycles. The quantitative estimate of drug-likeness (QED) is 0.863. The maximum Gasteiger partial charge on any atom is 0.192 e. The van der Waals surface area contributed by atoms with Gasteiger partial charge in [0, 0.05) is 11.0 Å². The van der Waals surface area contributed by atoms with Crippen LogP contribution in [0, 0.1) is 0 Å². The van der Waals surface area contributed by atoms with E-state index in [1.165, 1.54) is 5.56 Å². The van der Waals surface area contributed by atoms with Crippen LogP contribution in [0.1, 0.15) is 11.6 Å². The molecule has 0 saturated heterocycles. The Balaban J connectivity index is 2.29. The lowest BCUT2D eigenvalue weighted by atomic mass is 10.1. The van der Waals surface area contributed by atoms with Gasteiger partial charge < -0.3 is 10.6 Å². The molecular weight excluding hydrogens is 266 g/mol. The van der Waals surface area contributed by atoms with E-state index in [4.69, 9.17) is 5.73 Å². The summed E-state index contributed by atoms with van der Waals surface area (Å²) < 4.78 is 1.10. The standard InChI is InChI=1S/C12H14BrN3/c1-2-7-16-11(8-15-12(16)14)9-5-3-4-6-10(9)13/h2-6,11H,1,7-8H2,(H2,14,15). The second-order valence-electron chi connectivity index (χ2n) is 3.68. The Hall–Kier alpha value is -1.29. The number of aliphatic imine (C=N–C) groups is 1. The molecule has 16 heavy (non-hydrogen) atoms. The highest BCUT2D eigenvalue weighted by Crippen LogP contribution is 2.30. The van der Waals surface area contributed by atoms with Crippen molar-refractivity contribution in [3.05, 3.63) is 47.0 Å². The summed E-state index contributed by atoms with van der Waals surface area (Å²) >= 11 is 3.56. The molecule has 0 spiro atoms. The highest BCUT2D eigenvalue weighted by Gasteiger charge is 2.27. The second-order valence-corrected chi connectivity index (χ2v) is 4.53. The molecule has 1 aromatic rings. The molecule has 1 heterocycles. The molecule has 4 heteroatoms. The molecule has 0 fully saturated rings. The Morgan fingerprint density at radius 1 is 1.56 bits per heavy atom. The van der Waals surface area contributed by atoms with Gasteiger partial charge in [-0.15, -0.1) is 6.58 Å². The van der Waals surface area contributed by atoms with E-state index >= 15 is 0 Å². The van der Waals surface area contributed by atoms with Crippen LogP contribution in [-0.4, -0.2) is 23.9 Å². The Labute approximate surface area is 104 Å². The first-order chi connectivity index (χ1) is 7.74. The highest BCUT2D eigenvalue weighted by molar-refractivity contribution is 9.10. The predicted octanol–water partition coefficient (Wildman–Crippen LogP) is 2.31. The number of nitrogens with zero attached hydrogens (tertiary/aromatic N) is 2. The fraction of sp³-hybridized carbons (Fsp3) is 0.250. The average molecular weight is 280 g/mol. The van der Waals surface area contributed by atoms with Crippen LogP contribution in [0.4, 0.5) is 0 Å². The number of hydrogen-bond donors (Lipinski definition) is 1. The Bertz CT molecular complexity index is 428. The summed E-state index contributed by atoms with van der Waals surface area (Å²) in [6.45, 7) is 5.18. The van der Waals surface area contributed by atoms with Crippen LogP contribution in [0.15, 0.2) is 46.4 Å². The fourth-order valence-corrected chi connectivity index (χ4v) is 2.45. The summed E-state index contributed by atoms with van der Waals surface area (Å²) in [6.07, 6.45) is 1.84. The van der Waals surface area contributed by atoms with Gasteiger partial charge in [-0.25, -0.2) is 0 Å². The van der Waals surface area contributed by atoms with Crippen LogP contribution < -0.4 is 5.73 Å². The zero-order chi connectivity index (χ0) is 11.5. The lowest BCUT2D eigenvalue weighted by molar-refractivity contribution is 0.379. The van der Waals surface area contributed by atoms with E-state index in [0.717, 1.165) is 11.0 Å². The van der Waals surface area contributed by atoms with Gasteiger partial charge in [-0.2, -0.15) is 0 Å². The molecule has 1 unspecified atom stereocenters. The molecule has 1 atom stereocenters. The van der Waals surface area contributed by atoms with Gasteiger partial charge in [0.1, 0.15) is 0 Å². The van der Waals surface area contributed by atoms with E-state index in [0.29, 0.717) is 12.5 Å². The van der Waals surface area contributed by atoms with E-state index in [1.807, 2.05) is 24.3 Å². The van der Waals surface area contributed by atoms with Crippen molar-refractivity contribution < 1.29 is 0 Å². The largest absolute Gasteiger partial charge is 0.370 e. The van der Waals surface area contributed by atoms with E-state index in [2.05, 4.69) is 38.5 Å². The Morgan fingerprint density at radius 2 is 2.31 bits per heavy atom. The lowest BCUT2D eigenvalue weighted by Crippen LogP contribution is -2.36. The molecule has 84 valence electrons. The van der Waals surface area contributed by atoms with Crippen LogP contribution >= 0.6 is 15.9 Å². The minimum Gasteiger partial charge on any atom is -0.370 e. The van der Waals surface area contributed by atoms with E-state index in [9.17, 15) is 0 Å². The minimum absolute atomic E-state index is 0.216. The van der Waals surface area contributed by atoms with Gasteiger partial charge in [0.05, 0.1) is 12.6 Å². The lowest BCUT2D eigenvalue weighted by Gasteiger charge is -2.25. The van der Waals surface area contributed by atoms with Crippen molar-refractivity contribution in [2.45, 2.75) is 6.04 Å². The zero-order valence-corrected chi connectivity index (χ0v) is 10.5. The van der Waals surface area contributed by atoms with Crippen LogP contribution in [0.3, 0.4) is 0 Å². The van der Waals surface area contributed by atoms with E-state index in [1.54, 1.807) is 0 Å². The number of rotatable bonds is 3. The van der Waals surface area contributed by atoms with Crippen molar-refractivity contribution in [1.82, 2.24) is 4.90 Å². The molecule has 0 bridgehead atoms. The van der Waals surface area contributed by atoms with Crippen LogP contribution in [0.25, 0.3) is 0 Å². The average Bonchev–Trinajstić information content (AvgIpc) is 2.62. The smallest absolute Gasteiger partial charge is 0.192 e. The normalized spacial score (nSPS) is 19.7. The molecule has 0 amide bonds. The first kappa shape index (κ1) is 11.2. The molecule has 1 aliphatic rings. The van der Waals surface area contributed by atoms with Crippen LogP contribution in [0.2, 0.25) is 0 Å². The molecule has 0 saturated carbocycles. The molecule has 2 rings (SSSR count). The number of halogens is 1. The molecular formula is C12H14BrN3. The maximum absolute atomic E-state index is 5.86. The van der Waals surface area contributed by atoms with Gasteiger partial charge in [-0.05, 0) is 11.6 Å². The van der Waals surface area contributed by atoms with Gasteiger partial charge >= 0.3 is 0 Å². The topological polar surface area (TPSA) is 41.6 Å². The van der Waals surface area contributed by atoms with Crippen LogP contribution in [0.5, 0.6) is 0 Å². The van der Waals surface area contributed by atoms with Crippen LogP contribution in [-0.2, 0) is 0 Å². The number of guanidine groups is 1. The molecule has 0 aliphatic carbocycles. The minimum atomic E-state index is 0.216. The molecule has 2 N–H and O–H groups in total. The number of hydrogen-bond acceptors (Lipinski definition) is 3. The monoisotopic (exact) mass is 279 g/mol. The van der Waals surface area contributed by atoms with Crippen molar-refractivity contribution in [2.75, 3.05) is 13.1 Å². The number of benzene rings is 1. The zero-order valence-electron chi connectivity index (χ0n) is 8.94. The SMILES string of the molecule is C=CCN1C(N)=NCC1c1ccccc1Br. The summed E-state index contributed by atoms with van der Waals surface area (Å²) in [6, 6.07) is 8.38. The third-order valence-corrected chi connectivity index (χ3v) is 3.41. The summed E-state index contributed by atoms with van der Waals surface area (Å²) in [5.74, 6) is 0.598. The Kier molecular flexibility index (Phi) is 3.29. The molecule has 3 nitrogen and oxygen atoms in total. The first-order valence-corrected chi connectivity index (χ1v) is 5.95.